The lowest BCUT2D eigenvalue weighted by molar-refractivity contribution is 0.646. The minimum absolute atomic E-state index is 0.531. The standard InChI is InChI=1S/C10H12ClN3/c11-6-8-1-2-9-7-13-14(4-3-12)10(9)5-8/h1-2,5,7H,3-4,6,12H2. The van der Waals surface area contributed by atoms with Gasteiger partial charge in [0.25, 0.3) is 0 Å². The molecule has 0 amide bonds. The van der Waals surface area contributed by atoms with Crippen LogP contribution in [0.4, 0.5) is 0 Å². The molecule has 74 valence electrons. The van der Waals surface area contributed by atoms with Gasteiger partial charge in [-0.15, -0.1) is 11.6 Å². The van der Waals surface area contributed by atoms with Gasteiger partial charge in [-0.05, 0) is 11.6 Å². The van der Waals surface area contributed by atoms with Gasteiger partial charge in [0.2, 0.25) is 0 Å². The van der Waals surface area contributed by atoms with Gasteiger partial charge in [0, 0.05) is 17.8 Å². The van der Waals surface area contributed by atoms with Crippen molar-refractivity contribution in [3.8, 4) is 0 Å². The number of benzene rings is 1. The lowest BCUT2D eigenvalue weighted by Crippen LogP contribution is -2.10. The van der Waals surface area contributed by atoms with E-state index < -0.39 is 0 Å². The lowest BCUT2D eigenvalue weighted by atomic mass is 10.2. The molecule has 4 heteroatoms. The molecule has 0 saturated carbocycles. The summed E-state index contributed by atoms with van der Waals surface area (Å²) in [4.78, 5) is 0. The van der Waals surface area contributed by atoms with Crippen LogP contribution in [0.3, 0.4) is 0 Å². The largest absolute Gasteiger partial charge is 0.329 e. The van der Waals surface area contributed by atoms with Gasteiger partial charge >= 0.3 is 0 Å². The van der Waals surface area contributed by atoms with Crippen molar-refractivity contribution in [2.24, 2.45) is 5.73 Å². The maximum Gasteiger partial charge on any atom is 0.0686 e. The zero-order valence-electron chi connectivity index (χ0n) is 7.78. The van der Waals surface area contributed by atoms with Crippen LogP contribution in [0.15, 0.2) is 24.4 Å². The van der Waals surface area contributed by atoms with Crippen molar-refractivity contribution in [1.29, 1.82) is 0 Å². The minimum Gasteiger partial charge on any atom is -0.329 e. The van der Waals surface area contributed by atoms with Gasteiger partial charge in [-0.1, -0.05) is 12.1 Å². The second-order valence-electron chi connectivity index (χ2n) is 3.18. The van der Waals surface area contributed by atoms with Gasteiger partial charge in [0.1, 0.15) is 0 Å². The molecule has 0 spiro atoms. The van der Waals surface area contributed by atoms with E-state index in [9.17, 15) is 0 Å². The van der Waals surface area contributed by atoms with Gasteiger partial charge < -0.3 is 5.73 Å². The molecular formula is C10H12ClN3. The molecule has 2 N–H and O–H groups in total. The maximum absolute atomic E-state index is 5.77. The number of hydrogen-bond donors (Lipinski definition) is 1. The number of halogens is 1. The van der Waals surface area contributed by atoms with E-state index in [0.29, 0.717) is 12.4 Å². The van der Waals surface area contributed by atoms with E-state index in [1.165, 1.54) is 0 Å². The van der Waals surface area contributed by atoms with Gasteiger partial charge in [0.05, 0.1) is 18.3 Å². The third-order valence-electron chi connectivity index (χ3n) is 2.20. The fourth-order valence-electron chi connectivity index (χ4n) is 1.50. The second kappa shape index (κ2) is 3.98. The first-order valence-corrected chi connectivity index (χ1v) is 5.09. The summed E-state index contributed by atoms with van der Waals surface area (Å²) >= 11 is 5.77. The lowest BCUT2D eigenvalue weighted by Gasteiger charge is -2.01. The first-order valence-electron chi connectivity index (χ1n) is 4.55. The molecule has 3 nitrogen and oxygen atoms in total. The summed E-state index contributed by atoms with van der Waals surface area (Å²) < 4.78 is 1.91. The first-order chi connectivity index (χ1) is 6.85. The highest BCUT2D eigenvalue weighted by Crippen LogP contribution is 2.16. The van der Waals surface area contributed by atoms with Crippen molar-refractivity contribution < 1.29 is 0 Å². The SMILES string of the molecule is NCCn1ncc2ccc(CCl)cc21. The number of rotatable bonds is 3. The van der Waals surface area contributed by atoms with E-state index in [4.69, 9.17) is 17.3 Å². The molecule has 0 radical (unpaired) electrons. The third kappa shape index (κ3) is 1.61. The summed E-state index contributed by atoms with van der Waals surface area (Å²) in [6.07, 6.45) is 1.85. The van der Waals surface area contributed by atoms with Crippen LogP contribution in [0.1, 0.15) is 5.56 Å². The Bertz CT molecular complexity index is 436. The fraction of sp³-hybridized carbons (Fsp3) is 0.300. The molecule has 0 saturated heterocycles. The minimum atomic E-state index is 0.531. The van der Waals surface area contributed by atoms with Crippen LogP contribution in [0.5, 0.6) is 0 Å². The van der Waals surface area contributed by atoms with Crippen LogP contribution in [-0.4, -0.2) is 16.3 Å². The van der Waals surface area contributed by atoms with E-state index in [-0.39, 0.29) is 0 Å². The summed E-state index contributed by atoms with van der Waals surface area (Å²) in [7, 11) is 0. The highest BCUT2D eigenvalue weighted by molar-refractivity contribution is 6.17. The highest BCUT2D eigenvalue weighted by atomic mass is 35.5. The van der Waals surface area contributed by atoms with Crippen molar-refractivity contribution in [3.63, 3.8) is 0 Å². The van der Waals surface area contributed by atoms with Crippen molar-refractivity contribution in [2.75, 3.05) is 6.54 Å². The summed E-state index contributed by atoms with van der Waals surface area (Å²) in [5.41, 5.74) is 7.71. The highest BCUT2D eigenvalue weighted by Gasteiger charge is 2.02. The quantitative estimate of drug-likeness (QED) is 0.783. The molecule has 1 heterocycles. The zero-order valence-corrected chi connectivity index (χ0v) is 8.54. The number of aromatic nitrogens is 2. The van der Waals surface area contributed by atoms with Crippen LogP contribution < -0.4 is 5.73 Å². The molecule has 0 atom stereocenters. The zero-order chi connectivity index (χ0) is 9.97. The normalized spacial score (nSPS) is 11.0. The molecular weight excluding hydrogens is 198 g/mol. The Balaban J connectivity index is 2.52. The van der Waals surface area contributed by atoms with E-state index in [1.807, 2.05) is 23.0 Å². The number of nitrogens with two attached hydrogens (primary N) is 1. The molecule has 0 aliphatic carbocycles. The predicted octanol–water partition coefficient (Wildman–Crippen LogP) is 1.73. The second-order valence-corrected chi connectivity index (χ2v) is 3.45. The predicted molar refractivity (Wildman–Crippen MR) is 58.3 cm³/mol. The van der Waals surface area contributed by atoms with Gasteiger partial charge in [-0.3, -0.25) is 4.68 Å². The molecule has 14 heavy (non-hydrogen) atoms. The number of fused-ring (bicyclic) bond motifs is 1. The van der Waals surface area contributed by atoms with Gasteiger partial charge in [0.15, 0.2) is 0 Å². The fourth-order valence-corrected chi connectivity index (χ4v) is 1.67. The van der Waals surface area contributed by atoms with Crippen molar-refractivity contribution in [1.82, 2.24) is 9.78 Å². The van der Waals surface area contributed by atoms with Crippen LogP contribution in [0.2, 0.25) is 0 Å². The van der Waals surface area contributed by atoms with Gasteiger partial charge in [-0.2, -0.15) is 5.10 Å². The Morgan fingerprint density at radius 1 is 1.43 bits per heavy atom. The summed E-state index contributed by atoms with van der Waals surface area (Å²) in [5.74, 6) is 0.531. The molecule has 0 aliphatic rings. The number of nitrogens with zero attached hydrogens (tertiary/aromatic N) is 2. The summed E-state index contributed by atoms with van der Waals surface area (Å²) in [6.45, 7) is 1.34. The number of alkyl halides is 1. The van der Waals surface area contributed by atoms with E-state index in [1.54, 1.807) is 0 Å². The molecule has 0 unspecified atom stereocenters. The smallest absolute Gasteiger partial charge is 0.0686 e. The molecule has 0 bridgehead atoms. The van der Waals surface area contributed by atoms with Crippen LogP contribution in [0, 0.1) is 0 Å². The van der Waals surface area contributed by atoms with E-state index in [0.717, 1.165) is 23.0 Å². The van der Waals surface area contributed by atoms with Crippen LogP contribution in [-0.2, 0) is 12.4 Å². The van der Waals surface area contributed by atoms with E-state index in [2.05, 4.69) is 11.2 Å². The van der Waals surface area contributed by atoms with Crippen molar-refractivity contribution in [2.45, 2.75) is 12.4 Å². The molecule has 1 aromatic heterocycles. The van der Waals surface area contributed by atoms with E-state index >= 15 is 0 Å². The molecule has 0 aliphatic heterocycles. The topological polar surface area (TPSA) is 43.8 Å². The monoisotopic (exact) mass is 209 g/mol. The van der Waals surface area contributed by atoms with Crippen molar-refractivity contribution in [3.05, 3.63) is 30.0 Å². The summed E-state index contributed by atoms with van der Waals surface area (Å²) in [6, 6.07) is 6.11. The molecule has 1 aromatic carbocycles. The Labute approximate surface area is 87.5 Å². The van der Waals surface area contributed by atoms with Crippen LogP contribution >= 0.6 is 11.6 Å². The van der Waals surface area contributed by atoms with Crippen LogP contribution in [0.25, 0.3) is 10.9 Å². The Morgan fingerprint density at radius 2 is 2.29 bits per heavy atom. The van der Waals surface area contributed by atoms with Crippen molar-refractivity contribution >= 4 is 22.5 Å². The molecule has 2 rings (SSSR count). The first kappa shape index (κ1) is 9.49. The molecule has 2 aromatic rings. The Morgan fingerprint density at radius 3 is 3.00 bits per heavy atom. The number of hydrogen-bond acceptors (Lipinski definition) is 2. The summed E-state index contributed by atoms with van der Waals surface area (Å²) in [5, 5.41) is 5.39. The average molecular weight is 210 g/mol. The van der Waals surface area contributed by atoms with Gasteiger partial charge in [-0.25, -0.2) is 0 Å². The third-order valence-corrected chi connectivity index (χ3v) is 2.51. The maximum atomic E-state index is 5.77. The molecule has 0 fully saturated rings. The Kier molecular flexibility index (Phi) is 2.70. The Hall–Kier alpha value is -1.06. The average Bonchev–Trinajstić information content (AvgIpc) is 2.61.